The largest absolute Gasteiger partial charge is 0.374 e. The second-order valence-corrected chi connectivity index (χ2v) is 9.51. The highest BCUT2D eigenvalue weighted by Crippen LogP contribution is 2.12. The number of hydrogen-bond donors (Lipinski definition) is 2. The van der Waals surface area contributed by atoms with E-state index in [2.05, 4.69) is 27.1 Å². The van der Waals surface area contributed by atoms with E-state index in [1.54, 1.807) is 0 Å². The molecular formula is C23H29N3O5S. The van der Waals surface area contributed by atoms with Crippen molar-refractivity contribution >= 4 is 21.7 Å². The molecule has 1 unspecified atom stereocenters. The lowest BCUT2D eigenvalue weighted by Gasteiger charge is -2.33. The Kier molecular flexibility index (Phi) is 8.52. The number of Topliss-reactive ketones (excluding diaryl/α,β-unsaturated/α-hetero) is 1. The summed E-state index contributed by atoms with van der Waals surface area (Å²) in [5.41, 5.74) is 1.68. The van der Waals surface area contributed by atoms with E-state index in [1.807, 2.05) is 18.2 Å². The van der Waals surface area contributed by atoms with Gasteiger partial charge in [-0.05, 0) is 24.6 Å². The molecule has 32 heavy (non-hydrogen) atoms. The van der Waals surface area contributed by atoms with E-state index in [-0.39, 0.29) is 35.7 Å². The molecule has 0 bridgehead atoms. The number of sulfonamides is 1. The fraction of sp³-hybridized carbons (Fsp3) is 0.391. The standard InChI is InChI=1S/C23H29N3O5S/c1-18(27)20-7-9-22(10-8-20)32(29,30)25-12-11-23(28)24-15-21-17-26(13-14-31-21)16-19-5-3-2-4-6-19/h2-10,21,25H,11-17H2,1H3,(H,24,28). The summed E-state index contributed by atoms with van der Waals surface area (Å²) >= 11 is 0. The molecule has 1 amide bonds. The highest BCUT2D eigenvalue weighted by Gasteiger charge is 2.21. The third-order valence-corrected chi connectivity index (χ3v) is 6.69. The lowest BCUT2D eigenvalue weighted by molar-refractivity contribution is -0.122. The molecule has 8 nitrogen and oxygen atoms in total. The van der Waals surface area contributed by atoms with Crippen molar-refractivity contribution in [2.45, 2.75) is 30.9 Å². The Morgan fingerprint density at radius 3 is 2.50 bits per heavy atom. The summed E-state index contributed by atoms with van der Waals surface area (Å²) in [4.78, 5) is 25.8. The number of carbonyl (C=O) groups is 2. The molecule has 1 atom stereocenters. The average molecular weight is 460 g/mol. The van der Waals surface area contributed by atoms with Gasteiger partial charge in [0.05, 0.1) is 17.6 Å². The van der Waals surface area contributed by atoms with Crippen molar-refractivity contribution in [3.8, 4) is 0 Å². The maximum Gasteiger partial charge on any atom is 0.240 e. The molecule has 0 aromatic heterocycles. The van der Waals surface area contributed by atoms with Gasteiger partial charge in [0.25, 0.3) is 0 Å². The first-order chi connectivity index (χ1) is 15.3. The van der Waals surface area contributed by atoms with Crippen LogP contribution in [0.1, 0.15) is 29.3 Å². The van der Waals surface area contributed by atoms with Gasteiger partial charge in [0.2, 0.25) is 15.9 Å². The molecule has 0 radical (unpaired) electrons. The summed E-state index contributed by atoms with van der Waals surface area (Å²) < 4.78 is 32.8. The van der Waals surface area contributed by atoms with Gasteiger partial charge in [-0.15, -0.1) is 0 Å². The maximum atomic E-state index is 12.3. The summed E-state index contributed by atoms with van der Waals surface area (Å²) in [5, 5.41) is 2.82. The summed E-state index contributed by atoms with van der Waals surface area (Å²) in [6.45, 7) is 4.78. The summed E-state index contributed by atoms with van der Waals surface area (Å²) in [6, 6.07) is 15.9. The first kappa shape index (κ1) is 24.1. The lowest BCUT2D eigenvalue weighted by atomic mass is 10.2. The van der Waals surface area contributed by atoms with E-state index in [0.29, 0.717) is 18.7 Å². The van der Waals surface area contributed by atoms with Gasteiger partial charge in [0.15, 0.2) is 5.78 Å². The van der Waals surface area contributed by atoms with E-state index >= 15 is 0 Å². The van der Waals surface area contributed by atoms with Gasteiger partial charge in [0, 0.05) is 44.7 Å². The first-order valence-electron chi connectivity index (χ1n) is 10.6. The van der Waals surface area contributed by atoms with Crippen LogP contribution < -0.4 is 10.0 Å². The molecule has 0 saturated carbocycles. The predicted molar refractivity (Wildman–Crippen MR) is 121 cm³/mol. The zero-order valence-corrected chi connectivity index (χ0v) is 18.9. The molecule has 9 heteroatoms. The molecule has 2 aromatic carbocycles. The van der Waals surface area contributed by atoms with Crippen molar-refractivity contribution in [2.75, 3.05) is 32.8 Å². The first-order valence-corrected chi connectivity index (χ1v) is 12.1. The zero-order valence-electron chi connectivity index (χ0n) is 18.1. The van der Waals surface area contributed by atoms with Crippen LogP contribution in [-0.2, 0) is 26.1 Å². The van der Waals surface area contributed by atoms with Crippen LogP contribution in [0.5, 0.6) is 0 Å². The minimum atomic E-state index is -3.74. The van der Waals surface area contributed by atoms with Gasteiger partial charge >= 0.3 is 0 Å². The van der Waals surface area contributed by atoms with Crippen LogP contribution in [0.25, 0.3) is 0 Å². The zero-order chi connectivity index (χ0) is 23.0. The number of nitrogens with zero attached hydrogens (tertiary/aromatic N) is 1. The molecule has 3 rings (SSSR count). The van der Waals surface area contributed by atoms with Crippen LogP contribution in [0.4, 0.5) is 0 Å². The smallest absolute Gasteiger partial charge is 0.240 e. The van der Waals surface area contributed by atoms with Gasteiger partial charge in [-0.25, -0.2) is 13.1 Å². The normalized spacial score (nSPS) is 17.1. The number of rotatable bonds is 10. The number of amides is 1. The van der Waals surface area contributed by atoms with Crippen LogP contribution in [-0.4, -0.2) is 63.9 Å². The topological polar surface area (TPSA) is 105 Å². The van der Waals surface area contributed by atoms with Gasteiger partial charge in [-0.1, -0.05) is 42.5 Å². The van der Waals surface area contributed by atoms with Crippen molar-refractivity contribution in [3.05, 3.63) is 65.7 Å². The second-order valence-electron chi connectivity index (χ2n) is 7.75. The Morgan fingerprint density at radius 2 is 1.81 bits per heavy atom. The van der Waals surface area contributed by atoms with Gasteiger partial charge in [0.1, 0.15) is 0 Å². The predicted octanol–water partition coefficient (Wildman–Crippen LogP) is 1.57. The van der Waals surface area contributed by atoms with Crippen LogP contribution in [0.2, 0.25) is 0 Å². The molecular weight excluding hydrogens is 430 g/mol. The third kappa shape index (κ3) is 7.23. The number of ketones is 1. The molecule has 0 spiro atoms. The van der Waals surface area contributed by atoms with E-state index in [0.717, 1.165) is 19.6 Å². The van der Waals surface area contributed by atoms with Crippen molar-refractivity contribution in [1.29, 1.82) is 0 Å². The van der Waals surface area contributed by atoms with Crippen molar-refractivity contribution in [3.63, 3.8) is 0 Å². The van der Waals surface area contributed by atoms with E-state index in [4.69, 9.17) is 4.74 Å². The average Bonchev–Trinajstić information content (AvgIpc) is 2.78. The monoisotopic (exact) mass is 459 g/mol. The fourth-order valence-corrected chi connectivity index (χ4v) is 4.49. The fourth-order valence-electron chi connectivity index (χ4n) is 3.46. The van der Waals surface area contributed by atoms with Crippen LogP contribution >= 0.6 is 0 Å². The van der Waals surface area contributed by atoms with E-state index in [9.17, 15) is 18.0 Å². The van der Waals surface area contributed by atoms with Crippen LogP contribution in [0, 0.1) is 0 Å². The van der Waals surface area contributed by atoms with Crippen LogP contribution in [0.3, 0.4) is 0 Å². The molecule has 1 aliphatic rings. The summed E-state index contributed by atoms with van der Waals surface area (Å²) in [6.07, 6.45) is -0.0847. The Hall–Kier alpha value is -2.59. The third-order valence-electron chi connectivity index (χ3n) is 5.21. The Bertz CT molecular complexity index is 1010. The number of nitrogens with one attached hydrogen (secondary N) is 2. The van der Waals surface area contributed by atoms with Crippen molar-refractivity contribution < 1.29 is 22.7 Å². The minimum Gasteiger partial charge on any atom is -0.374 e. The number of hydrogen-bond acceptors (Lipinski definition) is 6. The molecule has 2 aromatic rings. The molecule has 1 heterocycles. The highest BCUT2D eigenvalue weighted by atomic mass is 32.2. The van der Waals surface area contributed by atoms with Crippen LogP contribution in [0.15, 0.2) is 59.5 Å². The Balaban J connectivity index is 1.38. The number of carbonyl (C=O) groups excluding carboxylic acids is 2. The van der Waals surface area contributed by atoms with Crippen molar-refractivity contribution in [2.24, 2.45) is 0 Å². The lowest BCUT2D eigenvalue weighted by Crippen LogP contribution is -2.47. The molecule has 0 aliphatic carbocycles. The van der Waals surface area contributed by atoms with E-state index < -0.39 is 10.0 Å². The van der Waals surface area contributed by atoms with Gasteiger partial charge in [-0.2, -0.15) is 0 Å². The SMILES string of the molecule is CC(=O)c1ccc(S(=O)(=O)NCCC(=O)NCC2CN(Cc3ccccc3)CCO2)cc1. The number of morpholine rings is 1. The van der Waals surface area contributed by atoms with Crippen molar-refractivity contribution in [1.82, 2.24) is 14.9 Å². The molecule has 1 saturated heterocycles. The Labute approximate surface area is 189 Å². The summed E-state index contributed by atoms with van der Waals surface area (Å²) in [7, 11) is -3.74. The highest BCUT2D eigenvalue weighted by molar-refractivity contribution is 7.89. The number of ether oxygens (including phenoxy) is 1. The Morgan fingerprint density at radius 1 is 1.09 bits per heavy atom. The van der Waals surface area contributed by atoms with Gasteiger partial charge < -0.3 is 10.1 Å². The molecule has 2 N–H and O–H groups in total. The molecule has 1 aliphatic heterocycles. The second kappa shape index (κ2) is 11.3. The quantitative estimate of drug-likeness (QED) is 0.523. The molecule has 172 valence electrons. The maximum absolute atomic E-state index is 12.3. The molecule has 1 fully saturated rings. The van der Waals surface area contributed by atoms with E-state index in [1.165, 1.54) is 36.8 Å². The number of benzene rings is 2. The minimum absolute atomic E-state index is 0.0191. The van der Waals surface area contributed by atoms with Gasteiger partial charge in [-0.3, -0.25) is 14.5 Å². The summed E-state index contributed by atoms with van der Waals surface area (Å²) in [5.74, 6) is -0.382.